The summed E-state index contributed by atoms with van der Waals surface area (Å²) in [5, 5.41) is 18.2. The second kappa shape index (κ2) is 5.68. The number of halogens is 2. The monoisotopic (exact) mass is 329 g/mol. The minimum absolute atomic E-state index is 0.133. The highest BCUT2D eigenvalue weighted by Gasteiger charge is 2.30. The number of nitro groups is 1. The maximum Gasteiger partial charge on any atom is 0.322 e. The number of nitrogens with zero attached hydrogens (tertiary/aromatic N) is 3. The molecule has 2 rings (SSSR count). The van der Waals surface area contributed by atoms with Crippen molar-refractivity contribution in [3.05, 3.63) is 49.7 Å². The van der Waals surface area contributed by atoms with Crippen molar-refractivity contribution in [2.45, 2.75) is 6.92 Å². The number of anilines is 1. The van der Waals surface area contributed by atoms with Crippen LogP contribution in [-0.4, -0.2) is 21.0 Å². The summed E-state index contributed by atoms with van der Waals surface area (Å²) in [6.07, 6.45) is 0. The summed E-state index contributed by atoms with van der Waals surface area (Å²) in [6, 6.07) is 4.31. The van der Waals surface area contributed by atoms with E-state index in [-0.39, 0.29) is 16.4 Å². The van der Waals surface area contributed by atoms with Gasteiger partial charge in [0.15, 0.2) is 0 Å². The standard InChI is InChI=1S/C11H9Cl2N5O3/c1-5-10(18(20)21)9(16-15-5)11(19)17(14)8-3-2-6(12)4-7(8)13/h2-4H,14H2,1H3,(H,15,16). The van der Waals surface area contributed by atoms with E-state index < -0.39 is 22.2 Å². The third kappa shape index (κ3) is 2.82. The summed E-state index contributed by atoms with van der Waals surface area (Å²) >= 11 is 11.7. The maximum atomic E-state index is 12.2. The molecular weight excluding hydrogens is 321 g/mol. The van der Waals surface area contributed by atoms with E-state index in [0.29, 0.717) is 10.0 Å². The quantitative estimate of drug-likeness (QED) is 0.388. The molecule has 21 heavy (non-hydrogen) atoms. The molecule has 2 aromatic rings. The van der Waals surface area contributed by atoms with Crippen LogP contribution >= 0.6 is 23.2 Å². The van der Waals surface area contributed by atoms with Gasteiger partial charge in [0.25, 0.3) is 5.91 Å². The molecule has 1 heterocycles. The van der Waals surface area contributed by atoms with E-state index in [9.17, 15) is 14.9 Å². The second-order valence-electron chi connectivity index (χ2n) is 4.07. The molecule has 0 atom stereocenters. The van der Waals surface area contributed by atoms with Gasteiger partial charge in [-0.3, -0.25) is 20.0 Å². The number of carbonyl (C=O) groups is 1. The molecule has 0 fully saturated rings. The third-order valence-corrected chi connectivity index (χ3v) is 3.23. The zero-order valence-electron chi connectivity index (χ0n) is 10.6. The lowest BCUT2D eigenvalue weighted by molar-refractivity contribution is -0.385. The summed E-state index contributed by atoms with van der Waals surface area (Å²) < 4.78 is 0. The number of rotatable bonds is 3. The van der Waals surface area contributed by atoms with Crippen LogP contribution in [0, 0.1) is 17.0 Å². The minimum Gasteiger partial charge on any atom is -0.275 e. The molecule has 0 aliphatic carbocycles. The molecule has 0 saturated heterocycles. The molecule has 0 bridgehead atoms. The normalized spacial score (nSPS) is 10.5. The Kier molecular flexibility index (Phi) is 4.12. The number of aryl methyl sites for hydroxylation is 1. The molecule has 0 unspecified atom stereocenters. The summed E-state index contributed by atoms with van der Waals surface area (Å²) in [5.41, 5.74) is -0.522. The van der Waals surface area contributed by atoms with Gasteiger partial charge in [0.05, 0.1) is 15.6 Å². The average molecular weight is 330 g/mol. The number of aromatic amines is 1. The number of hydrogen-bond donors (Lipinski definition) is 2. The van der Waals surface area contributed by atoms with Crippen molar-refractivity contribution in [2.75, 3.05) is 5.01 Å². The molecular formula is C11H9Cl2N5O3. The molecule has 110 valence electrons. The number of hydrogen-bond acceptors (Lipinski definition) is 5. The lowest BCUT2D eigenvalue weighted by Gasteiger charge is -2.16. The zero-order valence-corrected chi connectivity index (χ0v) is 12.1. The van der Waals surface area contributed by atoms with E-state index in [2.05, 4.69) is 10.2 Å². The van der Waals surface area contributed by atoms with E-state index >= 15 is 0 Å². The Morgan fingerprint density at radius 3 is 2.71 bits per heavy atom. The molecule has 8 nitrogen and oxygen atoms in total. The van der Waals surface area contributed by atoms with E-state index in [1.807, 2.05) is 0 Å². The van der Waals surface area contributed by atoms with Crippen molar-refractivity contribution in [1.82, 2.24) is 10.2 Å². The molecule has 0 aliphatic rings. The first kappa shape index (κ1) is 15.2. The van der Waals surface area contributed by atoms with Gasteiger partial charge in [0.2, 0.25) is 5.69 Å². The summed E-state index contributed by atoms with van der Waals surface area (Å²) in [6.45, 7) is 1.43. The van der Waals surface area contributed by atoms with E-state index in [0.717, 1.165) is 0 Å². The van der Waals surface area contributed by atoms with Gasteiger partial charge in [-0.1, -0.05) is 23.2 Å². The largest absolute Gasteiger partial charge is 0.322 e. The number of nitrogens with one attached hydrogen (secondary N) is 1. The first-order chi connectivity index (χ1) is 9.82. The Labute approximate surface area is 128 Å². The maximum absolute atomic E-state index is 12.2. The zero-order chi connectivity index (χ0) is 15.7. The topological polar surface area (TPSA) is 118 Å². The lowest BCUT2D eigenvalue weighted by Crippen LogP contribution is -2.38. The molecule has 1 amide bonds. The molecule has 10 heteroatoms. The average Bonchev–Trinajstić information content (AvgIpc) is 2.79. The van der Waals surface area contributed by atoms with Crippen LogP contribution in [0.5, 0.6) is 0 Å². The van der Waals surface area contributed by atoms with E-state index in [1.54, 1.807) is 0 Å². The number of nitrogens with two attached hydrogens (primary N) is 1. The molecule has 0 radical (unpaired) electrons. The predicted molar refractivity (Wildman–Crippen MR) is 77.4 cm³/mol. The van der Waals surface area contributed by atoms with Crippen LogP contribution in [0.4, 0.5) is 11.4 Å². The van der Waals surface area contributed by atoms with E-state index in [4.69, 9.17) is 29.0 Å². The SMILES string of the molecule is Cc1[nH]nc(C(=O)N(N)c2ccc(Cl)cc2Cl)c1[N+](=O)[O-]. The van der Waals surface area contributed by atoms with Gasteiger partial charge in [-0.25, -0.2) is 10.9 Å². The molecule has 3 N–H and O–H groups in total. The number of hydrazine groups is 1. The Bertz CT molecular complexity index is 731. The van der Waals surface area contributed by atoms with Crippen LogP contribution < -0.4 is 10.9 Å². The Morgan fingerprint density at radius 1 is 1.48 bits per heavy atom. The van der Waals surface area contributed by atoms with Crippen LogP contribution in [0.1, 0.15) is 16.2 Å². The van der Waals surface area contributed by atoms with Crippen molar-refractivity contribution in [3.63, 3.8) is 0 Å². The minimum atomic E-state index is -0.865. The van der Waals surface area contributed by atoms with E-state index in [1.165, 1.54) is 25.1 Å². The second-order valence-corrected chi connectivity index (χ2v) is 4.92. The van der Waals surface area contributed by atoms with Crippen LogP contribution in [0.25, 0.3) is 0 Å². The van der Waals surface area contributed by atoms with Gasteiger partial charge in [0.1, 0.15) is 5.69 Å². The van der Waals surface area contributed by atoms with Gasteiger partial charge < -0.3 is 0 Å². The van der Waals surface area contributed by atoms with Gasteiger partial charge in [0, 0.05) is 5.02 Å². The number of benzene rings is 1. The highest BCUT2D eigenvalue weighted by atomic mass is 35.5. The smallest absolute Gasteiger partial charge is 0.275 e. The first-order valence-corrected chi connectivity index (χ1v) is 6.32. The fourth-order valence-corrected chi connectivity index (χ4v) is 2.20. The predicted octanol–water partition coefficient (Wildman–Crippen LogP) is 2.45. The van der Waals surface area contributed by atoms with Gasteiger partial charge in [-0.2, -0.15) is 5.10 Å². The third-order valence-electron chi connectivity index (χ3n) is 2.69. The Morgan fingerprint density at radius 2 is 2.14 bits per heavy atom. The van der Waals surface area contributed by atoms with Crippen LogP contribution in [0.15, 0.2) is 18.2 Å². The Balaban J connectivity index is 2.42. The number of carbonyl (C=O) groups excluding carboxylic acids is 1. The number of H-pyrrole nitrogens is 1. The molecule has 0 aliphatic heterocycles. The van der Waals surface area contributed by atoms with Gasteiger partial charge in [-0.15, -0.1) is 0 Å². The molecule has 1 aromatic heterocycles. The van der Waals surface area contributed by atoms with Crippen LogP contribution in [-0.2, 0) is 0 Å². The molecule has 0 saturated carbocycles. The first-order valence-electron chi connectivity index (χ1n) is 5.56. The van der Waals surface area contributed by atoms with Crippen molar-refractivity contribution < 1.29 is 9.72 Å². The Hall–Kier alpha value is -2.16. The van der Waals surface area contributed by atoms with Crippen molar-refractivity contribution >= 4 is 40.5 Å². The number of aromatic nitrogens is 2. The highest BCUT2D eigenvalue weighted by Crippen LogP contribution is 2.29. The van der Waals surface area contributed by atoms with Crippen LogP contribution in [0.2, 0.25) is 10.0 Å². The highest BCUT2D eigenvalue weighted by molar-refractivity contribution is 6.36. The molecule has 1 aromatic carbocycles. The van der Waals surface area contributed by atoms with Gasteiger partial charge in [-0.05, 0) is 25.1 Å². The summed E-state index contributed by atoms with van der Waals surface area (Å²) in [4.78, 5) is 22.5. The van der Waals surface area contributed by atoms with Crippen LogP contribution in [0.3, 0.4) is 0 Å². The molecule has 0 spiro atoms. The lowest BCUT2D eigenvalue weighted by atomic mass is 10.2. The van der Waals surface area contributed by atoms with Crippen molar-refractivity contribution in [2.24, 2.45) is 5.84 Å². The fraction of sp³-hybridized carbons (Fsp3) is 0.0909. The fourth-order valence-electron chi connectivity index (χ4n) is 1.70. The van der Waals surface area contributed by atoms with Crippen molar-refractivity contribution in [3.8, 4) is 0 Å². The van der Waals surface area contributed by atoms with Gasteiger partial charge >= 0.3 is 5.69 Å². The summed E-state index contributed by atoms with van der Waals surface area (Å²) in [5.74, 6) is 4.81. The summed E-state index contributed by atoms with van der Waals surface area (Å²) in [7, 11) is 0. The number of amides is 1. The van der Waals surface area contributed by atoms with Crippen molar-refractivity contribution in [1.29, 1.82) is 0 Å².